The highest BCUT2D eigenvalue weighted by Gasteiger charge is 2.78. The average Bonchev–Trinajstić information content (AvgIpc) is 3.35. The number of carbonyl (C=O) groups excluding carboxylic acids is 2. The maximum atomic E-state index is 13.2. The number of hydrogen-bond acceptors (Lipinski definition) is 6. The Balaban J connectivity index is 1.92. The highest BCUT2D eigenvalue weighted by molar-refractivity contribution is 6.11. The number of aliphatic hydroxyl groups is 3. The third kappa shape index (κ3) is 2.16. The normalized spacial score (nSPS) is 46.8. The van der Waals surface area contributed by atoms with E-state index in [1.54, 1.807) is 19.1 Å². The van der Waals surface area contributed by atoms with E-state index < -0.39 is 45.5 Å². The maximum absolute atomic E-state index is 13.2. The van der Waals surface area contributed by atoms with E-state index in [2.05, 4.69) is 6.58 Å². The summed E-state index contributed by atoms with van der Waals surface area (Å²) in [6, 6.07) is 0. The summed E-state index contributed by atoms with van der Waals surface area (Å²) >= 11 is 0. The molecule has 0 aromatic heterocycles. The molecule has 0 saturated heterocycles. The van der Waals surface area contributed by atoms with Crippen molar-refractivity contribution in [1.29, 1.82) is 0 Å². The lowest BCUT2D eigenvalue weighted by molar-refractivity contribution is -0.149. The number of fused-ring (bicyclic) bond motifs is 1. The molecule has 2 saturated carbocycles. The zero-order chi connectivity index (χ0) is 20.7. The number of Topliss-reactive ketones (excluding diaryl/α,β-unsaturated/α-hetero) is 1. The third-order valence-corrected chi connectivity index (χ3v) is 7.79. The van der Waals surface area contributed by atoms with Gasteiger partial charge in [-0.1, -0.05) is 19.1 Å². The Bertz CT molecular complexity index is 855. The van der Waals surface area contributed by atoms with Gasteiger partial charge in [-0.3, -0.25) is 9.59 Å². The summed E-state index contributed by atoms with van der Waals surface area (Å²) in [7, 11) is 0. The van der Waals surface area contributed by atoms with Crippen molar-refractivity contribution in [2.75, 3.05) is 6.61 Å². The summed E-state index contributed by atoms with van der Waals surface area (Å²) in [5.74, 6) is -1.55. The minimum atomic E-state index is -1.39. The number of esters is 1. The molecule has 2 fully saturated rings. The molecule has 0 amide bonds. The summed E-state index contributed by atoms with van der Waals surface area (Å²) in [6.07, 6.45) is 4.66. The second-order valence-corrected chi connectivity index (χ2v) is 9.50. The number of ketones is 1. The Hall–Kier alpha value is -1.92. The molecule has 1 spiro atoms. The van der Waals surface area contributed by atoms with Crippen molar-refractivity contribution in [2.24, 2.45) is 22.2 Å². The van der Waals surface area contributed by atoms with E-state index in [0.29, 0.717) is 31.3 Å². The van der Waals surface area contributed by atoms with Crippen LogP contribution in [0.2, 0.25) is 0 Å². The number of rotatable bonds is 3. The van der Waals surface area contributed by atoms with Gasteiger partial charge in [0.05, 0.1) is 11.5 Å². The van der Waals surface area contributed by atoms with Crippen LogP contribution in [0.3, 0.4) is 0 Å². The quantitative estimate of drug-likeness (QED) is 0.506. The van der Waals surface area contributed by atoms with Crippen molar-refractivity contribution < 1.29 is 29.6 Å². The number of allylic oxidation sites excluding steroid dienone is 3. The molecule has 0 heterocycles. The van der Waals surface area contributed by atoms with Crippen LogP contribution in [0, 0.1) is 22.2 Å². The summed E-state index contributed by atoms with van der Waals surface area (Å²) in [5, 5.41) is 33.6. The summed E-state index contributed by atoms with van der Waals surface area (Å²) in [6.45, 7) is 8.63. The predicted octanol–water partition coefficient (Wildman–Crippen LogP) is 2.37. The fourth-order valence-electron chi connectivity index (χ4n) is 5.97. The Morgan fingerprint density at radius 2 is 2.07 bits per heavy atom. The first-order chi connectivity index (χ1) is 12.9. The van der Waals surface area contributed by atoms with E-state index in [0.717, 1.165) is 0 Å². The van der Waals surface area contributed by atoms with Gasteiger partial charge in [-0.25, -0.2) is 0 Å². The summed E-state index contributed by atoms with van der Waals surface area (Å²) in [4.78, 5) is 24.6. The van der Waals surface area contributed by atoms with Gasteiger partial charge in [0.15, 0.2) is 5.76 Å². The second kappa shape index (κ2) is 5.57. The minimum Gasteiger partial charge on any atom is -0.504 e. The summed E-state index contributed by atoms with van der Waals surface area (Å²) in [5.41, 5.74) is -3.15. The Kier molecular flexibility index (Phi) is 3.86. The molecular formula is C22H28O6. The van der Waals surface area contributed by atoms with Gasteiger partial charge in [-0.2, -0.15) is 0 Å². The fourth-order valence-corrected chi connectivity index (χ4v) is 5.97. The van der Waals surface area contributed by atoms with Crippen LogP contribution >= 0.6 is 0 Å². The second-order valence-electron chi connectivity index (χ2n) is 9.50. The van der Waals surface area contributed by atoms with Crippen LogP contribution in [0.4, 0.5) is 0 Å². The first kappa shape index (κ1) is 19.4. The van der Waals surface area contributed by atoms with E-state index in [4.69, 9.17) is 4.74 Å². The molecule has 6 nitrogen and oxygen atoms in total. The number of aliphatic hydroxyl groups excluding tert-OH is 2. The van der Waals surface area contributed by atoms with Crippen molar-refractivity contribution in [3.8, 4) is 0 Å². The lowest BCUT2D eigenvalue weighted by Gasteiger charge is -2.55. The van der Waals surface area contributed by atoms with Crippen LogP contribution in [0.25, 0.3) is 0 Å². The van der Waals surface area contributed by atoms with Crippen molar-refractivity contribution >= 4 is 11.8 Å². The number of ether oxygens (including phenoxy) is 1. The minimum absolute atomic E-state index is 0.0281. The van der Waals surface area contributed by atoms with Gasteiger partial charge in [-0.05, 0) is 44.1 Å². The largest absolute Gasteiger partial charge is 0.504 e. The molecule has 0 aromatic rings. The zero-order valence-electron chi connectivity index (χ0n) is 16.6. The van der Waals surface area contributed by atoms with Crippen molar-refractivity contribution in [2.45, 2.75) is 58.2 Å². The zero-order valence-corrected chi connectivity index (χ0v) is 16.6. The van der Waals surface area contributed by atoms with Crippen LogP contribution in [-0.2, 0) is 14.3 Å². The first-order valence-corrected chi connectivity index (χ1v) is 9.85. The molecule has 4 aliphatic rings. The first-order valence-electron chi connectivity index (χ1n) is 9.85. The van der Waals surface area contributed by atoms with E-state index in [1.165, 1.54) is 6.92 Å². The molecule has 0 unspecified atom stereocenters. The highest BCUT2D eigenvalue weighted by Crippen LogP contribution is 2.77. The van der Waals surface area contributed by atoms with Gasteiger partial charge < -0.3 is 20.1 Å². The van der Waals surface area contributed by atoms with Gasteiger partial charge in [0, 0.05) is 23.3 Å². The van der Waals surface area contributed by atoms with Crippen LogP contribution in [-0.4, -0.2) is 45.4 Å². The van der Waals surface area contributed by atoms with Crippen molar-refractivity contribution in [3.63, 3.8) is 0 Å². The molecule has 4 rings (SSSR count). The molecule has 0 aromatic carbocycles. The number of carbonyl (C=O) groups is 2. The highest BCUT2D eigenvalue weighted by atomic mass is 16.5. The maximum Gasteiger partial charge on any atom is 0.302 e. The lowest BCUT2D eigenvalue weighted by Crippen LogP contribution is -2.59. The van der Waals surface area contributed by atoms with Gasteiger partial charge in [-0.15, -0.1) is 6.58 Å². The Labute approximate surface area is 164 Å². The standard InChI is InChI=1S/C22H28O6/c1-5-19(3)6-7-22(27)14(10-19)16(25)17(26)18-20(4,11-28-12(2)23)15(24)8-13-9-21(13,18)22/h5,10,13,15,24,26-27H,1,6-9,11H2,2-4H3/t13-,15+,19-,20+,21-,22+/m0/s1. The van der Waals surface area contributed by atoms with Gasteiger partial charge in [0.1, 0.15) is 12.2 Å². The van der Waals surface area contributed by atoms with E-state index in [1.807, 2.05) is 6.92 Å². The third-order valence-electron chi connectivity index (χ3n) is 7.79. The molecule has 3 N–H and O–H groups in total. The Morgan fingerprint density at radius 3 is 2.68 bits per heavy atom. The Morgan fingerprint density at radius 1 is 1.39 bits per heavy atom. The average molecular weight is 388 g/mol. The molecule has 152 valence electrons. The van der Waals surface area contributed by atoms with Crippen LogP contribution < -0.4 is 0 Å². The molecule has 0 radical (unpaired) electrons. The van der Waals surface area contributed by atoms with E-state index >= 15 is 0 Å². The summed E-state index contributed by atoms with van der Waals surface area (Å²) < 4.78 is 5.21. The van der Waals surface area contributed by atoms with E-state index in [-0.39, 0.29) is 18.1 Å². The van der Waals surface area contributed by atoms with Gasteiger partial charge in [0.2, 0.25) is 5.78 Å². The number of hydrogen-bond donors (Lipinski definition) is 3. The van der Waals surface area contributed by atoms with Gasteiger partial charge in [0.25, 0.3) is 0 Å². The van der Waals surface area contributed by atoms with Gasteiger partial charge >= 0.3 is 5.97 Å². The van der Waals surface area contributed by atoms with E-state index in [9.17, 15) is 24.9 Å². The molecule has 4 aliphatic carbocycles. The molecule has 28 heavy (non-hydrogen) atoms. The smallest absolute Gasteiger partial charge is 0.302 e. The van der Waals surface area contributed by atoms with Crippen molar-refractivity contribution in [1.82, 2.24) is 0 Å². The fraction of sp³-hybridized carbons (Fsp3) is 0.636. The molecule has 6 heteroatoms. The molecule has 0 bridgehead atoms. The molecule has 0 aliphatic heterocycles. The van der Waals surface area contributed by atoms with Crippen molar-refractivity contribution in [3.05, 3.63) is 35.6 Å². The van der Waals surface area contributed by atoms with Crippen LogP contribution in [0.15, 0.2) is 35.6 Å². The molecule has 6 atom stereocenters. The monoisotopic (exact) mass is 388 g/mol. The van der Waals surface area contributed by atoms with Crippen LogP contribution in [0.1, 0.15) is 46.5 Å². The lowest BCUT2D eigenvalue weighted by atomic mass is 9.52. The predicted molar refractivity (Wildman–Crippen MR) is 101 cm³/mol. The molecular weight excluding hydrogens is 360 g/mol. The van der Waals surface area contributed by atoms with Crippen LogP contribution in [0.5, 0.6) is 0 Å². The SMILES string of the molecule is C=C[C@]1(C)C=C2C(=O)C(O)=C3[C@](C)(COC(C)=O)[C@H](O)C[C@H]4C[C@@]34[C@@]2(O)CC1. The topological polar surface area (TPSA) is 104 Å².